The number of hydrogen-bond donors (Lipinski definition) is 0. The molecule has 2 heterocycles. The van der Waals surface area contributed by atoms with Crippen molar-refractivity contribution in [1.82, 2.24) is 4.90 Å². The molecule has 1 aromatic heterocycles. The monoisotopic (exact) mass is 291 g/mol. The van der Waals surface area contributed by atoms with Crippen molar-refractivity contribution < 1.29 is 14.2 Å². The number of amides is 2. The van der Waals surface area contributed by atoms with Gasteiger partial charge in [-0.05, 0) is 12.8 Å². The molecular weight excluding hydrogens is 276 g/mol. The number of imide groups is 1. The van der Waals surface area contributed by atoms with Gasteiger partial charge in [-0.2, -0.15) is 0 Å². The van der Waals surface area contributed by atoms with E-state index in [2.05, 4.69) is 0 Å². The average Bonchev–Trinajstić information content (AvgIpc) is 2.70. The number of likely N-dealkylation sites (tertiary alicyclic amines) is 1. The Hall–Kier alpha value is -1.68. The maximum absolute atomic E-state index is 12.3. The maximum atomic E-state index is 12.3. The smallest absolute Gasteiger partial charge is 0.233 e. The lowest BCUT2D eigenvalue weighted by Gasteiger charge is -2.17. The molecule has 2 atom stereocenters. The van der Waals surface area contributed by atoms with Gasteiger partial charge in [0.25, 0.3) is 0 Å². The van der Waals surface area contributed by atoms with Crippen molar-refractivity contribution in [3.8, 4) is 0 Å². The first-order chi connectivity index (χ1) is 9.66. The number of carbonyl (C=O) groups is 2. The number of allylic oxidation sites excluding steroid dienone is 2. The normalized spacial score (nSPS) is 25.6. The molecule has 5 heteroatoms. The van der Waals surface area contributed by atoms with E-state index in [-0.39, 0.29) is 23.7 Å². The molecule has 2 amide bonds. The number of halogens is 1. The summed E-state index contributed by atoms with van der Waals surface area (Å²) in [4.78, 5) is 26.0. The minimum atomic E-state index is -0.249. The lowest BCUT2D eigenvalue weighted by Crippen LogP contribution is -2.42. The number of hydrogen-bond acceptors (Lipinski definition) is 2. The maximum Gasteiger partial charge on any atom is 0.233 e. The number of nitrogens with zero attached hydrogens (tertiary/aromatic N) is 2. The van der Waals surface area contributed by atoms with Gasteiger partial charge in [-0.25, -0.2) is 4.57 Å². The van der Waals surface area contributed by atoms with Gasteiger partial charge in [0.1, 0.15) is 0 Å². The Kier molecular flexibility index (Phi) is 3.57. The summed E-state index contributed by atoms with van der Waals surface area (Å²) in [6.45, 7) is 1.05. The molecule has 1 aromatic rings. The minimum Gasteiger partial charge on any atom is -0.276 e. The van der Waals surface area contributed by atoms with E-state index in [4.69, 9.17) is 11.6 Å². The predicted molar refractivity (Wildman–Crippen MR) is 73.5 cm³/mol. The van der Waals surface area contributed by atoms with Crippen molar-refractivity contribution in [3.63, 3.8) is 0 Å². The highest BCUT2D eigenvalue weighted by Gasteiger charge is 2.48. The van der Waals surface area contributed by atoms with Gasteiger partial charge in [0.15, 0.2) is 18.9 Å². The van der Waals surface area contributed by atoms with E-state index in [1.807, 2.05) is 41.2 Å². The Morgan fingerprint density at radius 2 is 1.85 bits per heavy atom. The predicted octanol–water partition coefficient (Wildman–Crippen LogP) is 1.49. The Morgan fingerprint density at radius 1 is 1.15 bits per heavy atom. The van der Waals surface area contributed by atoms with Gasteiger partial charge >= 0.3 is 0 Å². The third-order valence-electron chi connectivity index (χ3n) is 4.02. The highest BCUT2D eigenvalue weighted by atomic mass is 35.5. The van der Waals surface area contributed by atoms with Crippen molar-refractivity contribution in [1.29, 1.82) is 0 Å². The van der Waals surface area contributed by atoms with E-state index < -0.39 is 0 Å². The zero-order chi connectivity index (χ0) is 14.1. The topological polar surface area (TPSA) is 41.3 Å². The SMILES string of the molecule is O=C1C2CC=C(Cl)CC2C(=O)N1CC[n+]1ccccc1. The third kappa shape index (κ3) is 2.36. The van der Waals surface area contributed by atoms with Gasteiger partial charge in [0, 0.05) is 17.2 Å². The first kappa shape index (κ1) is 13.3. The molecule has 2 unspecified atom stereocenters. The van der Waals surface area contributed by atoms with Crippen LogP contribution in [0.15, 0.2) is 41.7 Å². The molecule has 20 heavy (non-hydrogen) atoms. The van der Waals surface area contributed by atoms with Crippen molar-refractivity contribution in [2.45, 2.75) is 19.4 Å². The fraction of sp³-hybridized carbons (Fsp3) is 0.400. The summed E-state index contributed by atoms with van der Waals surface area (Å²) < 4.78 is 1.97. The zero-order valence-corrected chi connectivity index (χ0v) is 11.8. The average molecular weight is 292 g/mol. The lowest BCUT2D eigenvalue weighted by molar-refractivity contribution is -0.696. The quantitative estimate of drug-likeness (QED) is 0.625. The molecule has 0 saturated carbocycles. The summed E-state index contributed by atoms with van der Waals surface area (Å²) >= 11 is 5.99. The van der Waals surface area contributed by atoms with E-state index >= 15 is 0 Å². The molecule has 3 rings (SSSR count). The van der Waals surface area contributed by atoms with Crippen LogP contribution in [0, 0.1) is 11.8 Å². The minimum absolute atomic E-state index is 0.0445. The summed E-state index contributed by atoms with van der Waals surface area (Å²) in [5.41, 5.74) is 0. The van der Waals surface area contributed by atoms with Crippen LogP contribution in [0.4, 0.5) is 0 Å². The van der Waals surface area contributed by atoms with Crippen LogP contribution in [0.25, 0.3) is 0 Å². The Labute approximate surface area is 122 Å². The number of carbonyl (C=O) groups excluding carboxylic acids is 2. The second kappa shape index (κ2) is 5.37. The molecule has 1 saturated heterocycles. The lowest BCUT2D eigenvalue weighted by atomic mass is 9.85. The van der Waals surface area contributed by atoms with Crippen LogP contribution in [-0.2, 0) is 16.1 Å². The molecule has 0 bridgehead atoms. The van der Waals surface area contributed by atoms with Crippen molar-refractivity contribution in [2.75, 3.05) is 6.54 Å². The van der Waals surface area contributed by atoms with Crippen LogP contribution in [-0.4, -0.2) is 23.3 Å². The van der Waals surface area contributed by atoms with Crippen molar-refractivity contribution >= 4 is 23.4 Å². The fourth-order valence-corrected chi connectivity index (χ4v) is 3.17. The molecule has 0 aromatic carbocycles. The Morgan fingerprint density at radius 3 is 2.60 bits per heavy atom. The number of aromatic nitrogens is 1. The molecule has 104 valence electrons. The summed E-state index contributed by atoms with van der Waals surface area (Å²) in [6.07, 6.45) is 6.81. The molecular formula is C15H16ClN2O2+. The second-order valence-electron chi connectivity index (χ2n) is 5.25. The summed E-state index contributed by atoms with van der Waals surface area (Å²) in [5.74, 6) is -0.564. The molecule has 0 N–H and O–H groups in total. The second-order valence-corrected chi connectivity index (χ2v) is 5.73. The molecule has 0 radical (unpaired) electrons. The third-order valence-corrected chi connectivity index (χ3v) is 4.33. The Balaban J connectivity index is 1.69. The molecule has 1 aliphatic carbocycles. The van der Waals surface area contributed by atoms with Gasteiger partial charge in [0.2, 0.25) is 11.8 Å². The molecule has 2 aliphatic rings. The largest absolute Gasteiger partial charge is 0.276 e. The van der Waals surface area contributed by atoms with Gasteiger partial charge in [-0.15, -0.1) is 0 Å². The highest BCUT2D eigenvalue weighted by molar-refractivity contribution is 6.30. The van der Waals surface area contributed by atoms with Crippen LogP contribution < -0.4 is 4.57 Å². The zero-order valence-electron chi connectivity index (χ0n) is 11.0. The van der Waals surface area contributed by atoms with Crippen molar-refractivity contribution in [2.24, 2.45) is 11.8 Å². The van der Waals surface area contributed by atoms with E-state index in [0.717, 1.165) is 0 Å². The van der Waals surface area contributed by atoms with Crippen LogP contribution in [0.5, 0.6) is 0 Å². The fourth-order valence-electron chi connectivity index (χ4n) is 2.92. The summed E-state index contributed by atoms with van der Waals surface area (Å²) in [7, 11) is 0. The standard InChI is InChI=1S/C15H16ClN2O2/c16-11-4-5-12-13(10-11)15(20)18(14(12)19)9-8-17-6-2-1-3-7-17/h1-4,6-7,12-13H,5,8-10H2/q+1. The first-order valence-corrected chi connectivity index (χ1v) is 7.18. The molecule has 1 aliphatic heterocycles. The van der Waals surface area contributed by atoms with Gasteiger partial charge in [-0.1, -0.05) is 23.7 Å². The molecule has 0 spiro atoms. The number of fused-ring (bicyclic) bond motifs is 1. The van der Waals surface area contributed by atoms with Crippen LogP contribution in [0.3, 0.4) is 0 Å². The molecule has 1 fully saturated rings. The van der Waals surface area contributed by atoms with Gasteiger partial charge in [-0.3, -0.25) is 14.5 Å². The van der Waals surface area contributed by atoms with Gasteiger partial charge < -0.3 is 0 Å². The van der Waals surface area contributed by atoms with E-state index in [1.54, 1.807) is 0 Å². The number of rotatable bonds is 3. The first-order valence-electron chi connectivity index (χ1n) is 6.80. The van der Waals surface area contributed by atoms with E-state index in [9.17, 15) is 9.59 Å². The van der Waals surface area contributed by atoms with Crippen LogP contribution in [0.1, 0.15) is 12.8 Å². The summed E-state index contributed by atoms with van der Waals surface area (Å²) in [6, 6.07) is 5.79. The molecule has 4 nitrogen and oxygen atoms in total. The van der Waals surface area contributed by atoms with Gasteiger partial charge in [0.05, 0.1) is 18.4 Å². The van der Waals surface area contributed by atoms with E-state index in [0.29, 0.717) is 31.0 Å². The van der Waals surface area contributed by atoms with E-state index in [1.165, 1.54) is 4.90 Å². The van der Waals surface area contributed by atoms with Crippen LogP contribution in [0.2, 0.25) is 0 Å². The van der Waals surface area contributed by atoms with Crippen molar-refractivity contribution in [3.05, 3.63) is 41.7 Å². The number of pyridine rings is 1. The Bertz CT molecular complexity index is 570. The highest BCUT2D eigenvalue weighted by Crippen LogP contribution is 2.38. The van der Waals surface area contributed by atoms with Crippen LogP contribution >= 0.6 is 11.6 Å². The summed E-state index contributed by atoms with van der Waals surface area (Å²) in [5, 5.41) is 0.701.